The van der Waals surface area contributed by atoms with Gasteiger partial charge in [0, 0.05) is 4.47 Å². The van der Waals surface area contributed by atoms with E-state index in [0.717, 1.165) is 29.3 Å². The van der Waals surface area contributed by atoms with Crippen molar-refractivity contribution >= 4 is 15.9 Å². The highest BCUT2D eigenvalue weighted by Crippen LogP contribution is 2.41. The molecule has 0 bridgehead atoms. The second-order valence-corrected chi connectivity index (χ2v) is 5.49. The summed E-state index contributed by atoms with van der Waals surface area (Å²) >= 11 is 3.42. The lowest BCUT2D eigenvalue weighted by atomic mass is 9.72. The molecule has 82 valence electrons. The van der Waals surface area contributed by atoms with Crippen LogP contribution in [0.1, 0.15) is 38.2 Å². The SMILES string of the molecule is C[C@H]1CCCC[C@]1(O)c1ccc(Br)cc1. The summed E-state index contributed by atoms with van der Waals surface area (Å²) in [5, 5.41) is 10.7. The smallest absolute Gasteiger partial charge is 0.0921 e. The van der Waals surface area contributed by atoms with Crippen molar-refractivity contribution in [1.29, 1.82) is 0 Å². The van der Waals surface area contributed by atoms with E-state index in [1.807, 2.05) is 24.3 Å². The Labute approximate surface area is 99.6 Å². The van der Waals surface area contributed by atoms with E-state index in [1.54, 1.807) is 0 Å². The molecule has 1 aliphatic carbocycles. The predicted octanol–water partition coefficient (Wildman–Crippen LogP) is 3.85. The number of halogens is 1. The Morgan fingerprint density at radius 3 is 2.53 bits per heavy atom. The van der Waals surface area contributed by atoms with Crippen LogP contribution in [0.25, 0.3) is 0 Å². The third-order valence-electron chi connectivity index (χ3n) is 3.60. The standard InChI is InChI=1S/C13H17BrO/c1-10-4-2-3-9-13(10,15)11-5-7-12(14)8-6-11/h5-8,10,15H,2-4,9H2,1H3/t10-,13+/m0/s1. The molecule has 0 aliphatic heterocycles. The Hall–Kier alpha value is -0.340. The predicted molar refractivity (Wildman–Crippen MR) is 65.7 cm³/mol. The molecule has 1 fully saturated rings. The molecule has 15 heavy (non-hydrogen) atoms. The van der Waals surface area contributed by atoms with Gasteiger partial charge >= 0.3 is 0 Å². The Morgan fingerprint density at radius 1 is 1.27 bits per heavy atom. The lowest BCUT2D eigenvalue weighted by molar-refractivity contribution is -0.0469. The maximum Gasteiger partial charge on any atom is 0.0921 e. The minimum Gasteiger partial charge on any atom is -0.385 e. The molecule has 1 saturated carbocycles. The second-order valence-electron chi connectivity index (χ2n) is 4.58. The second kappa shape index (κ2) is 4.26. The Balaban J connectivity index is 2.30. The third-order valence-corrected chi connectivity index (χ3v) is 4.13. The molecule has 2 rings (SSSR count). The topological polar surface area (TPSA) is 20.2 Å². The van der Waals surface area contributed by atoms with Gasteiger partial charge in [-0.25, -0.2) is 0 Å². The monoisotopic (exact) mass is 268 g/mol. The number of aliphatic hydroxyl groups is 1. The van der Waals surface area contributed by atoms with Crippen molar-refractivity contribution in [3.8, 4) is 0 Å². The van der Waals surface area contributed by atoms with Gasteiger partial charge < -0.3 is 5.11 Å². The minimum absolute atomic E-state index is 0.368. The highest BCUT2D eigenvalue weighted by atomic mass is 79.9. The first kappa shape index (κ1) is 11.2. The van der Waals surface area contributed by atoms with Gasteiger partial charge in [0.05, 0.1) is 5.60 Å². The van der Waals surface area contributed by atoms with E-state index in [-0.39, 0.29) is 0 Å². The molecule has 0 saturated heterocycles. The van der Waals surface area contributed by atoms with Crippen LogP contribution in [0.4, 0.5) is 0 Å². The molecule has 0 aromatic heterocycles. The van der Waals surface area contributed by atoms with Crippen molar-refractivity contribution in [2.45, 2.75) is 38.2 Å². The van der Waals surface area contributed by atoms with Crippen LogP contribution < -0.4 is 0 Å². The van der Waals surface area contributed by atoms with Gasteiger partial charge in [-0.3, -0.25) is 0 Å². The quantitative estimate of drug-likeness (QED) is 0.821. The summed E-state index contributed by atoms with van der Waals surface area (Å²) in [6, 6.07) is 8.08. The van der Waals surface area contributed by atoms with Crippen molar-refractivity contribution in [1.82, 2.24) is 0 Å². The fraction of sp³-hybridized carbons (Fsp3) is 0.538. The Bertz CT molecular complexity index is 333. The summed E-state index contributed by atoms with van der Waals surface area (Å²) in [6.07, 6.45) is 4.42. The number of rotatable bonds is 1. The first-order chi connectivity index (χ1) is 7.13. The first-order valence-corrected chi connectivity index (χ1v) is 6.40. The van der Waals surface area contributed by atoms with E-state index in [9.17, 15) is 5.11 Å². The summed E-state index contributed by atoms with van der Waals surface area (Å²) in [4.78, 5) is 0. The van der Waals surface area contributed by atoms with E-state index < -0.39 is 5.60 Å². The zero-order chi connectivity index (χ0) is 10.9. The van der Waals surface area contributed by atoms with Crippen LogP contribution >= 0.6 is 15.9 Å². The van der Waals surface area contributed by atoms with Gasteiger partial charge in [0.25, 0.3) is 0 Å². The van der Waals surface area contributed by atoms with Crippen LogP contribution in [0.5, 0.6) is 0 Å². The molecule has 0 spiro atoms. The molecule has 0 amide bonds. The molecule has 0 radical (unpaired) electrons. The van der Waals surface area contributed by atoms with Crippen molar-refractivity contribution < 1.29 is 5.11 Å². The average Bonchev–Trinajstić information content (AvgIpc) is 2.23. The van der Waals surface area contributed by atoms with Crippen molar-refractivity contribution in [3.63, 3.8) is 0 Å². The van der Waals surface area contributed by atoms with Crippen LogP contribution in [-0.2, 0) is 5.60 Å². The van der Waals surface area contributed by atoms with Crippen LogP contribution in [-0.4, -0.2) is 5.11 Å². The van der Waals surface area contributed by atoms with Gasteiger partial charge in [-0.1, -0.05) is 47.8 Å². The van der Waals surface area contributed by atoms with Crippen molar-refractivity contribution in [2.75, 3.05) is 0 Å². The van der Waals surface area contributed by atoms with E-state index in [4.69, 9.17) is 0 Å². The highest BCUT2D eigenvalue weighted by molar-refractivity contribution is 9.10. The molecular weight excluding hydrogens is 252 g/mol. The first-order valence-electron chi connectivity index (χ1n) is 5.61. The molecule has 1 N–H and O–H groups in total. The summed E-state index contributed by atoms with van der Waals surface area (Å²) in [7, 11) is 0. The highest BCUT2D eigenvalue weighted by Gasteiger charge is 2.37. The van der Waals surface area contributed by atoms with Crippen molar-refractivity contribution in [2.24, 2.45) is 5.92 Å². The fourth-order valence-corrected chi connectivity index (χ4v) is 2.76. The van der Waals surface area contributed by atoms with Gasteiger partial charge in [0.2, 0.25) is 0 Å². The molecule has 1 aromatic carbocycles. The van der Waals surface area contributed by atoms with E-state index in [1.165, 1.54) is 6.42 Å². The molecule has 2 heteroatoms. The Kier molecular flexibility index (Phi) is 3.17. The summed E-state index contributed by atoms with van der Waals surface area (Å²) < 4.78 is 1.07. The lowest BCUT2D eigenvalue weighted by Crippen LogP contribution is -2.36. The van der Waals surface area contributed by atoms with Crippen LogP contribution in [0.15, 0.2) is 28.7 Å². The zero-order valence-corrected chi connectivity index (χ0v) is 10.6. The molecular formula is C13H17BrO. The molecule has 1 aliphatic rings. The zero-order valence-electron chi connectivity index (χ0n) is 9.04. The largest absolute Gasteiger partial charge is 0.385 e. The van der Waals surface area contributed by atoms with Crippen LogP contribution in [0.2, 0.25) is 0 Å². The minimum atomic E-state index is -0.598. The fourth-order valence-electron chi connectivity index (χ4n) is 2.50. The van der Waals surface area contributed by atoms with Crippen molar-refractivity contribution in [3.05, 3.63) is 34.3 Å². The summed E-state index contributed by atoms with van der Waals surface area (Å²) in [5.74, 6) is 0.368. The number of hydrogen-bond acceptors (Lipinski definition) is 1. The van der Waals surface area contributed by atoms with E-state index in [2.05, 4.69) is 22.9 Å². The average molecular weight is 269 g/mol. The molecule has 2 atom stereocenters. The van der Waals surface area contributed by atoms with Gasteiger partial charge in [-0.2, -0.15) is 0 Å². The van der Waals surface area contributed by atoms with Gasteiger partial charge in [-0.05, 0) is 36.5 Å². The maximum absolute atomic E-state index is 10.7. The van der Waals surface area contributed by atoms with Crippen LogP contribution in [0.3, 0.4) is 0 Å². The molecule has 0 unspecified atom stereocenters. The van der Waals surface area contributed by atoms with Gasteiger partial charge in [-0.15, -0.1) is 0 Å². The maximum atomic E-state index is 10.7. The third kappa shape index (κ3) is 2.11. The molecule has 1 nitrogen and oxygen atoms in total. The number of hydrogen-bond donors (Lipinski definition) is 1. The summed E-state index contributed by atoms with van der Waals surface area (Å²) in [5.41, 5.74) is 0.469. The Morgan fingerprint density at radius 2 is 1.93 bits per heavy atom. The van der Waals surface area contributed by atoms with E-state index in [0.29, 0.717) is 5.92 Å². The molecule has 0 heterocycles. The molecule has 1 aromatic rings. The summed E-state index contributed by atoms with van der Waals surface area (Å²) in [6.45, 7) is 2.15. The van der Waals surface area contributed by atoms with E-state index >= 15 is 0 Å². The number of benzene rings is 1. The normalized spacial score (nSPS) is 31.5. The lowest BCUT2D eigenvalue weighted by Gasteiger charge is -2.38. The van der Waals surface area contributed by atoms with Gasteiger partial charge in [0.1, 0.15) is 0 Å². The van der Waals surface area contributed by atoms with Gasteiger partial charge in [0.15, 0.2) is 0 Å². The van der Waals surface area contributed by atoms with Crippen LogP contribution in [0, 0.1) is 5.92 Å².